The van der Waals surface area contributed by atoms with Crippen LogP contribution < -0.4 is 5.32 Å². The quantitative estimate of drug-likeness (QED) is 0.669. The number of rotatable bonds is 0. The summed E-state index contributed by atoms with van der Waals surface area (Å²) in [6, 6.07) is 9.28. The molecule has 0 saturated heterocycles. The van der Waals surface area contributed by atoms with E-state index < -0.39 is 0 Å². The molecule has 5 unspecified atom stereocenters. The average Bonchev–Trinajstić information content (AvgIpc) is 3.00. The third-order valence-corrected chi connectivity index (χ3v) is 7.32. The van der Waals surface area contributed by atoms with Crippen LogP contribution in [0.3, 0.4) is 0 Å². The second kappa shape index (κ2) is 4.32. The minimum atomic E-state index is 0.343. The van der Waals surface area contributed by atoms with E-state index in [1.54, 1.807) is 10.5 Å². The molecule has 1 aromatic carbocycles. The van der Waals surface area contributed by atoms with Crippen LogP contribution in [0, 0.1) is 11.8 Å². The Bertz CT molecular complexity index is 744. The van der Waals surface area contributed by atoms with E-state index in [1.165, 1.54) is 17.7 Å². The highest BCUT2D eigenvalue weighted by molar-refractivity contribution is 8.04. The van der Waals surface area contributed by atoms with Crippen molar-refractivity contribution in [2.75, 3.05) is 5.32 Å². The highest BCUT2D eigenvalue weighted by Crippen LogP contribution is 2.62. The molecule has 0 bridgehead atoms. The molecule has 0 fully saturated rings. The maximum Gasteiger partial charge on any atom is 0.0562 e. The monoisotopic (exact) mass is 307 g/mol. The Morgan fingerprint density at radius 2 is 2.05 bits per heavy atom. The molecule has 5 atom stereocenters. The highest BCUT2D eigenvalue weighted by atomic mass is 32.2. The topological polar surface area (TPSA) is 12.0 Å². The van der Waals surface area contributed by atoms with Gasteiger partial charge in [0.1, 0.15) is 0 Å². The number of allylic oxidation sites excluding steroid dienone is 4. The molecule has 2 aliphatic carbocycles. The molecule has 0 radical (unpaired) electrons. The molecule has 0 saturated carbocycles. The molecule has 2 aliphatic heterocycles. The van der Waals surface area contributed by atoms with Crippen molar-refractivity contribution in [1.29, 1.82) is 0 Å². The first-order chi connectivity index (χ1) is 10.7. The first-order valence-electron chi connectivity index (χ1n) is 8.31. The van der Waals surface area contributed by atoms with Gasteiger partial charge >= 0.3 is 0 Å². The van der Waals surface area contributed by atoms with Gasteiger partial charge in [0, 0.05) is 22.3 Å². The van der Waals surface area contributed by atoms with Crippen LogP contribution in [0.1, 0.15) is 31.7 Å². The van der Waals surface area contributed by atoms with E-state index in [-0.39, 0.29) is 0 Å². The molecule has 0 aromatic heterocycles. The minimum Gasteiger partial charge on any atom is -0.378 e. The zero-order chi connectivity index (χ0) is 14.9. The molecule has 0 amide bonds. The first-order valence-corrected chi connectivity index (χ1v) is 9.12. The van der Waals surface area contributed by atoms with Crippen LogP contribution in [-0.4, -0.2) is 10.8 Å². The second-order valence-electron chi connectivity index (χ2n) is 7.37. The fourth-order valence-corrected chi connectivity index (χ4v) is 6.69. The molecule has 1 aromatic rings. The van der Waals surface area contributed by atoms with E-state index in [0.717, 1.165) is 0 Å². The maximum atomic E-state index is 3.70. The lowest BCUT2D eigenvalue weighted by Crippen LogP contribution is -2.32. The number of nitrogens with one attached hydrogen (secondary N) is 1. The summed E-state index contributed by atoms with van der Waals surface area (Å²) >= 11 is 2.16. The van der Waals surface area contributed by atoms with Gasteiger partial charge in [-0.05, 0) is 41.4 Å². The highest BCUT2D eigenvalue weighted by Gasteiger charge is 2.50. The van der Waals surface area contributed by atoms with Gasteiger partial charge in [-0.15, -0.1) is 11.8 Å². The third-order valence-electron chi connectivity index (χ3n) is 5.72. The van der Waals surface area contributed by atoms with E-state index in [9.17, 15) is 0 Å². The van der Waals surface area contributed by atoms with E-state index in [4.69, 9.17) is 0 Å². The molecule has 22 heavy (non-hydrogen) atoms. The van der Waals surface area contributed by atoms with Crippen LogP contribution in [-0.2, 0) is 0 Å². The van der Waals surface area contributed by atoms with Crippen LogP contribution in [0.25, 0.3) is 0 Å². The molecule has 1 N–H and O–H groups in total. The van der Waals surface area contributed by atoms with Gasteiger partial charge in [0.2, 0.25) is 0 Å². The number of hydrogen-bond acceptors (Lipinski definition) is 2. The molecule has 1 nitrogen and oxygen atoms in total. The zero-order valence-electron chi connectivity index (χ0n) is 13.0. The van der Waals surface area contributed by atoms with Gasteiger partial charge in [-0.25, -0.2) is 0 Å². The molecule has 2 heterocycles. The van der Waals surface area contributed by atoms with Crippen LogP contribution in [0.2, 0.25) is 0 Å². The van der Waals surface area contributed by atoms with Crippen LogP contribution >= 0.6 is 11.8 Å². The van der Waals surface area contributed by atoms with Crippen molar-refractivity contribution in [2.45, 2.75) is 37.0 Å². The standard InChI is InChI=1S/C20H21NS/c1-12-7-9-15-13-8-10-17-18(19(13)22-20(15,2)11-12)14-5-3-4-6-16(14)21-17/h3-10,12,15,17-18,21H,11H2,1-2H3. The Morgan fingerprint density at radius 1 is 1.18 bits per heavy atom. The lowest BCUT2D eigenvalue weighted by molar-refractivity contribution is 0.430. The predicted octanol–water partition coefficient (Wildman–Crippen LogP) is 5.11. The smallest absolute Gasteiger partial charge is 0.0562 e. The maximum absolute atomic E-state index is 3.70. The summed E-state index contributed by atoms with van der Waals surface area (Å²) in [4.78, 5) is 1.62. The Kier molecular flexibility index (Phi) is 2.57. The van der Waals surface area contributed by atoms with Crippen molar-refractivity contribution in [3.05, 3.63) is 64.6 Å². The van der Waals surface area contributed by atoms with Crippen LogP contribution in [0.15, 0.2) is 59.0 Å². The summed E-state index contributed by atoms with van der Waals surface area (Å²) in [5, 5.41) is 3.70. The Balaban J connectivity index is 1.62. The zero-order valence-corrected chi connectivity index (χ0v) is 13.9. The van der Waals surface area contributed by atoms with Crippen molar-refractivity contribution in [3.8, 4) is 0 Å². The largest absolute Gasteiger partial charge is 0.378 e. The van der Waals surface area contributed by atoms with E-state index in [1.807, 2.05) is 0 Å². The number of thioether (sulfide) groups is 1. The summed E-state index contributed by atoms with van der Waals surface area (Å²) in [6.07, 6.45) is 11.0. The molecule has 5 rings (SSSR count). The van der Waals surface area contributed by atoms with Crippen LogP contribution in [0.5, 0.6) is 0 Å². The summed E-state index contributed by atoms with van der Waals surface area (Å²) in [5.41, 5.74) is 4.38. The fourth-order valence-electron chi connectivity index (χ4n) is 4.80. The van der Waals surface area contributed by atoms with Crippen molar-refractivity contribution in [1.82, 2.24) is 0 Å². The van der Waals surface area contributed by atoms with E-state index in [0.29, 0.717) is 28.5 Å². The molecule has 0 spiro atoms. The lowest BCUT2D eigenvalue weighted by Gasteiger charge is -2.35. The van der Waals surface area contributed by atoms with Gasteiger partial charge in [0.05, 0.1) is 6.04 Å². The Morgan fingerprint density at radius 3 is 2.95 bits per heavy atom. The summed E-state index contributed by atoms with van der Waals surface area (Å²) in [6.45, 7) is 4.82. The normalized spacial score (nSPS) is 40.8. The van der Waals surface area contributed by atoms with Gasteiger partial charge in [-0.3, -0.25) is 0 Å². The number of hydrogen-bond donors (Lipinski definition) is 1. The number of para-hydroxylation sites is 1. The SMILES string of the molecule is CC1C=CC2C3=C(SC2(C)C1)C1c2ccccc2NC1C=C3. The van der Waals surface area contributed by atoms with Crippen LogP contribution in [0.4, 0.5) is 5.69 Å². The summed E-state index contributed by atoms with van der Waals surface area (Å²) in [5.74, 6) is 1.81. The van der Waals surface area contributed by atoms with Gasteiger partial charge < -0.3 is 5.32 Å². The summed E-state index contributed by atoms with van der Waals surface area (Å²) < 4.78 is 0.343. The summed E-state index contributed by atoms with van der Waals surface area (Å²) in [7, 11) is 0. The van der Waals surface area contributed by atoms with Crippen molar-refractivity contribution < 1.29 is 0 Å². The molecule has 112 valence electrons. The van der Waals surface area contributed by atoms with Crippen molar-refractivity contribution in [2.24, 2.45) is 11.8 Å². The van der Waals surface area contributed by atoms with Gasteiger partial charge in [0.25, 0.3) is 0 Å². The van der Waals surface area contributed by atoms with E-state index >= 15 is 0 Å². The number of fused-ring (bicyclic) bond motifs is 6. The number of benzene rings is 1. The van der Waals surface area contributed by atoms with Crippen molar-refractivity contribution >= 4 is 17.4 Å². The fraction of sp³-hybridized carbons (Fsp3) is 0.400. The predicted molar refractivity (Wildman–Crippen MR) is 95.2 cm³/mol. The lowest BCUT2D eigenvalue weighted by atomic mass is 9.74. The molecular weight excluding hydrogens is 286 g/mol. The van der Waals surface area contributed by atoms with Crippen molar-refractivity contribution in [3.63, 3.8) is 0 Å². The first kappa shape index (κ1) is 13.1. The van der Waals surface area contributed by atoms with E-state index in [2.05, 4.69) is 79.5 Å². The number of anilines is 1. The van der Waals surface area contributed by atoms with Gasteiger partial charge in [0.15, 0.2) is 0 Å². The molecule has 4 aliphatic rings. The average molecular weight is 307 g/mol. The Hall–Kier alpha value is -1.41. The second-order valence-corrected chi connectivity index (χ2v) is 8.95. The van der Waals surface area contributed by atoms with Gasteiger partial charge in [-0.1, -0.05) is 49.4 Å². The third kappa shape index (κ3) is 1.62. The van der Waals surface area contributed by atoms with Gasteiger partial charge in [-0.2, -0.15) is 0 Å². The minimum absolute atomic E-state index is 0.343. The molecular formula is C20H21NS. The Labute approximate surface area is 136 Å². The molecule has 2 heteroatoms.